The summed E-state index contributed by atoms with van der Waals surface area (Å²) in [6.45, 7) is 1.09. The van der Waals surface area contributed by atoms with E-state index in [4.69, 9.17) is 5.11 Å². The third-order valence-electron chi connectivity index (χ3n) is 2.24. The van der Waals surface area contributed by atoms with E-state index in [1.807, 2.05) is 5.32 Å². The summed E-state index contributed by atoms with van der Waals surface area (Å²) < 4.78 is 0. The minimum atomic E-state index is -1.16. The van der Waals surface area contributed by atoms with Gasteiger partial charge in [-0.05, 0) is 6.42 Å². The first-order chi connectivity index (χ1) is 7.93. The van der Waals surface area contributed by atoms with Crippen molar-refractivity contribution in [2.75, 3.05) is 13.1 Å². The van der Waals surface area contributed by atoms with Crippen LogP contribution in [-0.2, 0) is 14.4 Å². The number of carboxylic acids is 1. The average molecular weight is 243 g/mol. The van der Waals surface area contributed by atoms with Gasteiger partial charge in [-0.25, -0.2) is 9.59 Å². The zero-order valence-corrected chi connectivity index (χ0v) is 9.23. The van der Waals surface area contributed by atoms with Crippen LogP contribution in [0, 0.1) is 0 Å². The molecule has 0 radical (unpaired) electrons. The van der Waals surface area contributed by atoms with Crippen molar-refractivity contribution < 1.29 is 24.3 Å². The predicted octanol–water partition coefficient (Wildman–Crippen LogP) is -1.48. The number of nitrogens with one attached hydrogen (secondary N) is 2. The second-order valence-corrected chi connectivity index (χ2v) is 3.58. The SMILES string of the molecule is CC[C@H](NC(=O)N1CC(=O)NC(=O)C1)C(=O)O. The minimum absolute atomic E-state index is 0.217. The lowest BCUT2D eigenvalue weighted by Gasteiger charge is -2.26. The van der Waals surface area contributed by atoms with E-state index in [1.165, 1.54) is 0 Å². The third kappa shape index (κ3) is 3.44. The highest BCUT2D eigenvalue weighted by atomic mass is 16.4. The van der Waals surface area contributed by atoms with E-state index < -0.39 is 29.9 Å². The summed E-state index contributed by atoms with van der Waals surface area (Å²) in [6.07, 6.45) is 0.217. The molecule has 0 aromatic heterocycles. The standard InChI is InChI=1S/C9H13N3O5/c1-2-5(8(15)16)10-9(17)12-3-6(13)11-7(14)4-12/h5H,2-4H2,1H3,(H,10,17)(H,15,16)(H,11,13,14)/t5-/m0/s1. The fourth-order valence-electron chi connectivity index (χ4n) is 1.36. The molecule has 1 aliphatic rings. The van der Waals surface area contributed by atoms with Crippen LogP contribution in [0.1, 0.15) is 13.3 Å². The van der Waals surface area contributed by atoms with Gasteiger partial charge >= 0.3 is 12.0 Å². The fourth-order valence-corrected chi connectivity index (χ4v) is 1.36. The van der Waals surface area contributed by atoms with Gasteiger partial charge in [-0.1, -0.05) is 6.92 Å². The summed E-state index contributed by atoms with van der Waals surface area (Å²) in [5.74, 6) is -2.33. The molecule has 1 rings (SSSR count). The van der Waals surface area contributed by atoms with Crippen LogP contribution in [-0.4, -0.2) is 53.0 Å². The summed E-state index contributed by atoms with van der Waals surface area (Å²) in [5, 5.41) is 13.0. The van der Waals surface area contributed by atoms with Crippen LogP contribution in [0.25, 0.3) is 0 Å². The molecule has 1 fully saturated rings. The summed E-state index contributed by atoms with van der Waals surface area (Å²) in [6, 6.07) is -1.76. The largest absolute Gasteiger partial charge is 0.480 e. The quantitative estimate of drug-likeness (QED) is 0.523. The molecule has 17 heavy (non-hydrogen) atoms. The van der Waals surface area contributed by atoms with Crippen molar-refractivity contribution in [2.45, 2.75) is 19.4 Å². The molecular formula is C9H13N3O5. The molecule has 0 aromatic carbocycles. The molecule has 0 spiro atoms. The Morgan fingerprint density at radius 1 is 1.41 bits per heavy atom. The number of carbonyl (C=O) groups excluding carboxylic acids is 3. The number of carbonyl (C=O) groups is 4. The molecule has 8 nitrogen and oxygen atoms in total. The molecule has 1 heterocycles. The molecule has 1 aliphatic heterocycles. The number of rotatable bonds is 3. The Labute approximate surface area is 97.0 Å². The van der Waals surface area contributed by atoms with Crippen LogP contribution in [0.15, 0.2) is 0 Å². The number of imide groups is 1. The lowest BCUT2D eigenvalue weighted by molar-refractivity contribution is -0.139. The lowest BCUT2D eigenvalue weighted by Crippen LogP contribution is -2.57. The van der Waals surface area contributed by atoms with E-state index in [2.05, 4.69) is 5.32 Å². The van der Waals surface area contributed by atoms with Crippen LogP contribution in [0.4, 0.5) is 4.79 Å². The number of nitrogens with zero attached hydrogens (tertiary/aromatic N) is 1. The molecule has 0 unspecified atom stereocenters. The zero-order chi connectivity index (χ0) is 13.0. The maximum absolute atomic E-state index is 11.6. The van der Waals surface area contributed by atoms with Gasteiger partial charge < -0.3 is 15.3 Å². The first-order valence-electron chi connectivity index (χ1n) is 5.05. The van der Waals surface area contributed by atoms with E-state index in [1.54, 1.807) is 6.92 Å². The highest BCUT2D eigenvalue weighted by Gasteiger charge is 2.28. The molecule has 8 heteroatoms. The molecule has 0 saturated carbocycles. The number of aliphatic carboxylic acids is 1. The lowest BCUT2D eigenvalue weighted by atomic mass is 10.2. The van der Waals surface area contributed by atoms with Crippen molar-refractivity contribution in [1.29, 1.82) is 0 Å². The normalized spacial score (nSPS) is 17.4. The first-order valence-corrected chi connectivity index (χ1v) is 5.05. The second kappa shape index (κ2) is 5.28. The van der Waals surface area contributed by atoms with Gasteiger partial charge in [0, 0.05) is 0 Å². The van der Waals surface area contributed by atoms with E-state index >= 15 is 0 Å². The number of hydrogen-bond acceptors (Lipinski definition) is 4. The summed E-state index contributed by atoms with van der Waals surface area (Å²) in [5.41, 5.74) is 0. The Kier molecular flexibility index (Phi) is 4.02. The number of piperazine rings is 1. The maximum atomic E-state index is 11.6. The van der Waals surface area contributed by atoms with Crippen LogP contribution in [0.5, 0.6) is 0 Å². The van der Waals surface area contributed by atoms with Gasteiger partial charge in [0.25, 0.3) is 0 Å². The van der Waals surface area contributed by atoms with Crippen LogP contribution < -0.4 is 10.6 Å². The first kappa shape index (κ1) is 12.9. The maximum Gasteiger partial charge on any atom is 0.326 e. The molecule has 0 aromatic rings. The van der Waals surface area contributed by atoms with Gasteiger partial charge in [-0.2, -0.15) is 0 Å². The number of amides is 4. The highest BCUT2D eigenvalue weighted by molar-refractivity contribution is 6.02. The van der Waals surface area contributed by atoms with Crippen molar-refractivity contribution in [3.05, 3.63) is 0 Å². The predicted molar refractivity (Wildman–Crippen MR) is 55.0 cm³/mol. The van der Waals surface area contributed by atoms with E-state index in [0.717, 1.165) is 4.90 Å². The Hall–Kier alpha value is -2.12. The van der Waals surface area contributed by atoms with Crippen molar-refractivity contribution in [3.63, 3.8) is 0 Å². The average Bonchev–Trinajstić information content (AvgIpc) is 2.23. The van der Waals surface area contributed by atoms with E-state index in [0.29, 0.717) is 0 Å². The number of hydrogen-bond donors (Lipinski definition) is 3. The highest BCUT2D eigenvalue weighted by Crippen LogP contribution is 1.98. The smallest absolute Gasteiger partial charge is 0.326 e. The fraction of sp³-hybridized carbons (Fsp3) is 0.556. The Bertz CT molecular complexity index is 352. The Balaban J connectivity index is 2.60. The van der Waals surface area contributed by atoms with Gasteiger partial charge in [0.2, 0.25) is 11.8 Å². The Morgan fingerprint density at radius 3 is 2.35 bits per heavy atom. The van der Waals surface area contributed by atoms with Gasteiger partial charge in [-0.3, -0.25) is 14.9 Å². The van der Waals surface area contributed by atoms with Gasteiger partial charge in [0.1, 0.15) is 19.1 Å². The number of urea groups is 1. The van der Waals surface area contributed by atoms with Crippen molar-refractivity contribution >= 4 is 23.8 Å². The van der Waals surface area contributed by atoms with Crippen molar-refractivity contribution in [3.8, 4) is 0 Å². The minimum Gasteiger partial charge on any atom is -0.480 e. The molecule has 94 valence electrons. The zero-order valence-electron chi connectivity index (χ0n) is 9.23. The van der Waals surface area contributed by atoms with Gasteiger partial charge in [-0.15, -0.1) is 0 Å². The Morgan fingerprint density at radius 2 is 1.94 bits per heavy atom. The number of carboxylic acid groups (broad SMARTS) is 1. The van der Waals surface area contributed by atoms with Crippen LogP contribution >= 0.6 is 0 Å². The van der Waals surface area contributed by atoms with Crippen molar-refractivity contribution in [1.82, 2.24) is 15.5 Å². The van der Waals surface area contributed by atoms with Crippen LogP contribution in [0.3, 0.4) is 0 Å². The second-order valence-electron chi connectivity index (χ2n) is 3.58. The van der Waals surface area contributed by atoms with E-state index in [-0.39, 0.29) is 19.5 Å². The van der Waals surface area contributed by atoms with Gasteiger partial charge in [0.05, 0.1) is 0 Å². The summed E-state index contributed by atoms with van der Waals surface area (Å²) in [7, 11) is 0. The molecule has 1 atom stereocenters. The van der Waals surface area contributed by atoms with E-state index in [9.17, 15) is 19.2 Å². The molecule has 4 amide bonds. The molecule has 1 saturated heterocycles. The molecular weight excluding hydrogens is 230 g/mol. The van der Waals surface area contributed by atoms with Crippen LogP contribution in [0.2, 0.25) is 0 Å². The summed E-state index contributed by atoms with van der Waals surface area (Å²) >= 11 is 0. The molecule has 0 bridgehead atoms. The third-order valence-corrected chi connectivity index (χ3v) is 2.24. The molecule has 0 aliphatic carbocycles. The van der Waals surface area contributed by atoms with Gasteiger partial charge in [0.15, 0.2) is 0 Å². The van der Waals surface area contributed by atoms with Crippen molar-refractivity contribution in [2.24, 2.45) is 0 Å². The monoisotopic (exact) mass is 243 g/mol. The topological polar surface area (TPSA) is 116 Å². The summed E-state index contributed by atoms with van der Waals surface area (Å²) in [4.78, 5) is 45.3. The molecule has 3 N–H and O–H groups in total.